The predicted molar refractivity (Wildman–Crippen MR) is 74.1 cm³/mol. The Morgan fingerprint density at radius 3 is 2.55 bits per heavy atom. The molecule has 1 saturated heterocycles. The highest BCUT2D eigenvalue weighted by Crippen LogP contribution is 2.25. The molecule has 2 rings (SSSR count). The van der Waals surface area contributed by atoms with E-state index in [2.05, 4.69) is 5.32 Å². The summed E-state index contributed by atoms with van der Waals surface area (Å²) in [6.45, 7) is 0.837. The van der Waals surface area contributed by atoms with E-state index in [9.17, 15) is 9.59 Å². The second-order valence-corrected chi connectivity index (χ2v) is 5.81. The summed E-state index contributed by atoms with van der Waals surface area (Å²) in [6, 6.07) is 0.216. The van der Waals surface area contributed by atoms with E-state index in [1.54, 1.807) is 0 Å². The first-order valence-electron chi connectivity index (χ1n) is 7.68. The zero-order chi connectivity index (χ0) is 14.4. The number of hydrogen-bond acceptors (Lipinski definition) is 4. The van der Waals surface area contributed by atoms with Crippen LogP contribution >= 0.6 is 0 Å². The van der Waals surface area contributed by atoms with Gasteiger partial charge in [-0.3, -0.25) is 9.59 Å². The lowest BCUT2D eigenvalue weighted by molar-refractivity contribution is -0.146. The zero-order valence-electron chi connectivity index (χ0n) is 12.2. The Kier molecular flexibility index (Phi) is 5.83. The average Bonchev–Trinajstić information content (AvgIpc) is 2.98. The predicted octanol–water partition coefficient (Wildman–Crippen LogP) is 1.79. The minimum Gasteiger partial charge on any atom is -0.469 e. The van der Waals surface area contributed by atoms with Gasteiger partial charge >= 0.3 is 5.97 Å². The monoisotopic (exact) mass is 283 g/mol. The summed E-state index contributed by atoms with van der Waals surface area (Å²) in [7, 11) is 1.43. The van der Waals surface area contributed by atoms with Gasteiger partial charge in [-0.15, -0.1) is 0 Å². The second kappa shape index (κ2) is 7.62. The number of carbonyl (C=O) groups is 2. The highest BCUT2D eigenvalue weighted by Gasteiger charge is 2.27. The Bertz CT molecular complexity index is 331. The minimum absolute atomic E-state index is 0.0139. The van der Waals surface area contributed by atoms with E-state index in [0.29, 0.717) is 6.42 Å². The van der Waals surface area contributed by atoms with Crippen LogP contribution < -0.4 is 5.32 Å². The molecule has 0 aromatic carbocycles. The molecular formula is C15H25NO4. The van der Waals surface area contributed by atoms with Crippen LogP contribution in [0.2, 0.25) is 0 Å². The quantitative estimate of drug-likeness (QED) is 0.781. The van der Waals surface area contributed by atoms with Crippen LogP contribution in [0.25, 0.3) is 0 Å². The second-order valence-electron chi connectivity index (χ2n) is 5.81. The van der Waals surface area contributed by atoms with Crippen molar-refractivity contribution >= 4 is 11.9 Å². The molecule has 20 heavy (non-hydrogen) atoms. The maximum atomic E-state index is 11.9. The molecule has 0 radical (unpaired) electrons. The molecule has 1 heterocycles. The van der Waals surface area contributed by atoms with Crippen molar-refractivity contribution in [3.63, 3.8) is 0 Å². The molecule has 1 N–H and O–H groups in total. The molecule has 1 amide bonds. The lowest BCUT2D eigenvalue weighted by Gasteiger charge is -2.27. The Morgan fingerprint density at radius 2 is 1.95 bits per heavy atom. The molecule has 5 nitrogen and oxygen atoms in total. The van der Waals surface area contributed by atoms with Crippen molar-refractivity contribution in [2.45, 2.75) is 63.5 Å². The summed E-state index contributed by atoms with van der Waals surface area (Å²) >= 11 is 0. The Morgan fingerprint density at radius 1 is 1.20 bits per heavy atom. The Hall–Kier alpha value is -1.10. The van der Waals surface area contributed by atoms with Crippen LogP contribution in [0.3, 0.4) is 0 Å². The van der Waals surface area contributed by atoms with E-state index < -0.39 is 0 Å². The first-order chi connectivity index (χ1) is 9.69. The third kappa shape index (κ3) is 4.47. The third-order valence-electron chi connectivity index (χ3n) is 4.34. The summed E-state index contributed by atoms with van der Waals surface area (Å²) in [5, 5.41) is 3.07. The van der Waals surface area contributed by atoms with Crippen molar-refractivity contribution in [2.75, 3.05) is 13.7 Å². The van der Waals surface area contributed by atoms with Crippen molar-refractivity contribution in [1.29, 1.82) is 0 Å². The zero-order valence-corrected chi connectivity index (χ0v) is 12.2. The van der Waals surface area contributed by atoms with Crippen LogP contribution in [0.15, 0.2) is 0 Å². The topological polar surface area (TPSA) is 64.6 Å². The van der Waals surface area contributed by atoms with Gasteiger partial charge in [0, 0.05) is 19.1 Å². The van der Waals surface area contributed by atoms with Gasteiger partial charge in [0.1, 0.15) is 0 Å². The van der Waals surface area contributed by atoms with Crippen LogP contribution in [0.5, 0.6) is 0 Å². The van der Waals surface area contributed by atoms with Crippen molar-refractivity contribution in [2.24, 2.45) is 5.92 Å². The molecule has 114 valence electrons. The van der Waals surface area contributed by atoms with Crippen LogP contribution in [-0.2, 0) is 19.1 Å². The van der Waals surface area contributed by atoms with Gasteiger partial charge < -0.3 is 14.8 Å². The van der Waals surface area contributed by atoms with Crippen LogP contribution in [0, 0.1) is 5.92 Å². The number of hydrogen-bond donors (Lipinski definition) is 1. The molecule has 0 aromatic rings. The minimum atomic E-state index is -0.117. The fourth-order valence-electron chi connectivity index (χ4n) is 3.10. The Labute approximate surface area is 120 Å². The van der Waals surface area contributed by atoms with Crippen LogP contribution in [0.1, 0.15) is 51.4 Å². The average molecular weight is 283 g/mol. The molecule has 1 aliphatic heterocycles. The third-order valence-corrected chi connectivity index (χ3v) is 4.34. The molecule has 2 fully saturated rings. The smallest absolute Gasteiger partial charge is 0.308 e. The number of amides is 1. The standard InChI is InChI=1S/C15H25NO4/c1-19-15(18)11-4-6-12(7-5-11)16-14(17)9-8-13-3-2-10-20-13/h11-13H,2-10H2,1H3,(H,16,17). The van der Waals surface area contributed by atoms with Gasteiger partial charge in [0.2, 0.25) is 5.91 Å². The first kappa shape index (κ1) is 15.3. The summed E-state index contributed by atoms with van der Waals surface area (Å²) in [4.78, 5) is 23.3. The molecule has 1 aliphatic carbocycles. The van der Waals surface area contributed by atoms with Crippen molar-refractivity contribution in [3.8, 4) is 0 Å². The van der Waals surface area contributed by atoms with Gasteiger partial charge in [-0.1, -0.05) is 0 Å². The van der Waals surface area contributed by atoms with E-state index in [1.165, 1.54) is 7.11 Å². The highest BCUT2D eigenvalue weighted by atomic mass is 16.5. The van der Waals surface area contributed by atoms with Crippen molar-refractivity contribution in [3.05, 3.63) is 0 Å². The Balaban J connectivity index is 1.62. The fourth-order valence-corrected chi connectivity index (χ4v) is 3.10. The van der Waals surface area contributed by atoms with Crippen molar-refractivity contribution in [1.82, 2.24) is 5.32 Å². The summed E-state index contributed by atoms with van der Waals surface area (Å²) in [6.07, 6.45) is 7.19. The number of ether oxygens (including phenoxy) is 2. The van der Waals surface area contributed by atoms with Crippen LogP contribution in [-0.4, -0.2) is 37.7 Å². The van der Waals surface area contributed by atoms with Gasteiger partial charge in [0.25, 0.3) is 0 Å². The molecule has 0 aromatic heterocycles. The summed E-state index contributed by atoms with van der Waals surface area (Å²) in [5.41, 5.74) is 0. The van der Waals surface area contributed by atoms with Crippen LogP contribution in [0.4, 0.5) is 0 Å². The maximum Gasteiger partial charge on any atom is 0.308 e. The first-order valence-corrected chi connectivity index (χ1v) is 7.68. The molecule has 2 aliphatic rings. The number of carbonyl (C=O) groups excluding carboxylic acids is 2. The summed E-state index contributed by atoms with van der Waals surface area (Å²) in [5.74, 6) is 0.00946. The molecule has 1 saturated carbocycles. The summed E-state index contributed by atoms with van der Waals surface area (Å²) < 4.78 is 10.3. The number of methoxy groups -OCH3 is 1. The molecule has 1 atom stereocenters. The van der Waals surface area contributed by atoms with Gasteiger partial charge in [-0.2, -0.15) is 0 Å². The number of esters is 1. The normalized spacial score (nSPS) is 29.9. The number of rotatable bonds is 5. The highest BCUT2D eigenvalue weighted by molar-refractivity contribution is 5.76. The molecule has 0 spiro atoms. The van der Waals surface area contributed by atoms with E-state index >= 15 is 0 Å². The fraction of sp³-hybridized carbons (Fsp3) is 0.867. The SMILES string of the molecule is COC(=O)C1CCC(NC(=O)CCC2CCCO2)CC1. The largest absolute Gasteiger partial charge is 0.469 e. The van der Waals surface area contributed by atoms with E-state index in [-0.39, 0.29) is 29.9 Å². The molecular weight excluding hydrogens is 258 g/mol. The molecule has 1 unspecified atom stereocenters. The van der Waals surface area contributed by atoms with E-state index in [1.807, 2.05) is 0 Å². The van der Waals surface area contributed by atoms with Gasteiger partial charge in [0.05, 0.1) is 19.1 Å². The van der Waals surface area contributed by atoms with Gasteiger partial charge in [-0.05, 0) is 44.9 Å². The van der Waals surface area contributed by atoms with Crippen molar-refractivity contribution < 1.29 is 19.1 Å². The lowest BCUT2D eigenvalue weighted by Crippen LogP contribution is -2.39. The molecule has 0 bridgehead atoms. The van der Waals surface area contributed by atoms with E-state index in [0.717, 1.165) is 51.6 Å². The maximum absolute atomic E-state index is 11.9. The lowest BCUT2D eigenvalue weighted by atomic mass is 9.86. The van der Waals surface area contributed by atoms with Gasteiger partial charge in [0.15, 0.2) is 0 Å². The number of nitrogens with one attached hydrogen (secondary N) is 1. The van der Waals surface area contributed by atoms with Gasteiger partial charge in [-0.25, -0.2) is 0 Å². The van der Waals surface area contributed by atoms with E-state index in [4.69, 9.17) is 9.47 Å². The molecule has 5 heteroatoms.